The number of methoxy groups -OCH3 is 2. The van der Waals surface area contributed by atoms with Crippen LogP contribution in [0.3, 0.4) is 0 Å². The number of aromatic nitrogens is 2. The summed E-state index contributed by atoms with van der Waals surface area (Å²) in [7, 11) is -0.672. The quantitative estimate of drug-likeness (QED) is 0.234. The fraction of sp³-hybridized carbons (Fsp3) is 0.0968. The maximum atomic E-state index is 12.8. The highest BCUT2D eigenvalue weighted by molar-refractivity contribution is 7.89. The molecule has 0 aliphatic rings. The number of hydrogen-bond donors (Lipinski definition) is 2. The van der Waals surface area contributed by atoms with Crippen LogP contribution in [-0.2, 0) is 19.6 Å². The number of rotatable bonds is 9. The molecule has 1 heterocycles. The van der Waals surface area contributed by atoms with Crippen LogP contribution in [0.4, 0.5) is 5.69 Å². The first kappa shape index (κ1) is 29.2. The Morgan fingerprint density at radius 2 is 1.28 bits per heavy atom. The van der Waals surface area contributed by atoms with Crippen molar-refractivity contribution in [1.29, 1.82) is 0 Å². The average Bonchev–Trinajstić information content (AvgIpc) is 3.02. The van der Waals surface area contributed by atoms with Crippen LogP contribution >= 0.6 is 0 Å². The van der Waals surface area contributed by atoms with Crippen LogP contribution in [0.15, 0.2) is 95.9 Å². The van der Waals surface area contributed by atoms with Gasteiger partial charge < -0.3 is 19.5 Å². The molecule has 218 valence electrons. The number of hydrogen-bond acceptors (Lipinski definition) is 9. The summed E-state index contributed by atoms with van der Waals surface area (Å²) in [4.78, 5) is 34.8. The van der Waals surface area contributed by atoms with E-state index >= 15 is 0 Å². The van der Waals surface area contributed by atoms with Gasteiger partial charge in [0.2, 0.25) is 10.0 Å². The van der Waals surface area contributed by atoms with Gasteiger partial charge >= 0.3 is 5.97 Å². The van der Waals surface area contributed by atoms with Crippen molar-refractivity contribution in [1.82, 2.24) is 9.97 Å². The molecule has 12 heteroatoms. The van der Waals surface area contributed by atoms with Crippen molar-refractivity contribution in [3.63, 3.8) is 0 Å². The lowest BCUT2D eigenvalue weighted by Crippen LogP contribution is -2.21. The molecule has 0 fully saturated rings. The van der Waals surface area contributed by atoms with Gasteiger partial charge in [0, 0.05) is 16.8 Å². The van der Waals surface area contributed by atoms with Gasteiger partial charge in [-0.15, -0.1) is 0 Å². The second-order valence-electron chi connectivity index (χ2n) is 9.28. The Bertz CT molecular complexity index is 1910. The summed E-state index contributed by atoms with van der Waals surface area (Å²) in [6.45, 7) is -0.563. The Morgan fingerprint density at radius 1 is 0.744 bits per heavy atom. The normalized spacial score (nSPS) is 11.1. The van der Waals surface area contributed by atoms with Gasteiger partial charge in [-0.05, 0) is 91.0 Å². The SMILES string of the molecule is COc1ccc(-c2nc3ccc(C(=O)OCC(=O)Nc4ccc(S(N)(=O)=O)cc4)cc3nc2-c2ccc(OC)cc2)cc1. The van der Waals surface area contributed by atoms with E-state index in [1.807, 2.05) is 48.5 Å². The van der Waals surface area contributed by atoms with Gasteiger partial charge in [-0.25, -0.2) is 28.3 Å². The number of nitrogens with one attached hydrogen (secondary N) is 1. The predicted octanol–water partition coefficient (Wildman–Crippen LogP) is 4.42. The molecular weight excluding hydrogens is 572 g/mol. The predicted molar refractivity (Wildman–Crippen MR) is 160 cm³/mol. The summed E-state index contributed by atoms with van der Waals surface area (Å²) in [5.74, 6) is 0.0650. The minimum absolute atomic E-state index is 0.0948. The molecule has 43 heavy (non-hydrogen) atoms. The third-order valence-corrected chi connectivity index (χ3v) is 7.36. The number of nitrogens with two attached hydrogens (primary N) is 1. The van der Waals surface area contributed by atoms with Crippen molar-refractivity contribution in [2.45, 2.75) is 4.90 Å². The lowest BCUT2D eigenvalue weighted by molar-refractivity contribution is -0.119. The number of nitrogens with zero attached hydrogens (tertiary/aromatic N) is 2. The van der Waals surface area contributed by atoms with E-state index in [9.17, 15) is 18.0 Å². The fourth-order valence-electron chi connectivity index (χ4n) is 4.22. The molecule has 5 aromatic rings. The number of benzene rings is 4. The molecule has 0 radical (unpaired) electrons. The number of ether oxygens (including phenoxy) is 3. The number of anilines is 1. The summed E-state index contributed by atoms with van der Waals surface area (Å²) in [5, 5.41) is 7.61. The van der Waals surface area contributed by atoms with Crippen molar-refractivity contribution in [2.75, 3.05) is 26.1 Å². The Hall–Kier alpha value is -5.33. The largest absolute Gasteiger partial charge is 0.497 e. The third-order valence-electron chi connectivity index (χ3n) is 6.43. The van der Waals surface area contributed by atoms with Crippen molar-refractivity contribution in [3.8, 4) is 34.0 Å². The van der Waals surface area contributed by atoms with E-state index in [0.717, 1.165) is 11.1 Å². The van der Waals surface area contributed by atoms with E-state index in [0.29, 0.717) is 39.6 Å². The molecule has 0 atom stereocenters. The first-order chi connectivity index (χ1) is 20.6. The molecule has 0 aliphatic heterocycles. The lowest BCUT2D eigenvalue weighted by atomic mass is 10.0. The Balaban J connectivity index is 1.38. The number of sulfonamides is 1. The van der Waals surface area contributed by atoms with E-state index in [2.05, 4.69) is 5.32 Å². The van der Waals surface area contributed by atoms with Crippen LogP contribution in [0.1, 0.15) is 10.4 Å². The maximum absolute atomic E-state index is 12.8. The fourth-order valence-corrected chi connectivity index (χ4v) is 4.74. The Morgan fingerprint density at radius 3 is 1.79 bits per heavy atom. The third kappa shape index (κ3) is 6.77. The molecule has 0 saturated heterocycles. The minimum Gasteiger partial charge on any atom is -0.497 e. The highest BCUT2D eigenvalue weighted by Crippen LogP contribution is 2.33. The molecular formula is C31H26N4O7S. The van der Waals surface area contributed by atoms with E-state index < -0.39 is 28.5 Å². The smallest absolute Gasteiger partial charge is 0.338 e. The Labute approximate surface area is 247 Å². The molecule has 4 aromatic carbocycles. The molecule has 1 aromatic heterocycles. The molecule has 0 spiro atoms. The summed E-state index contributed by atoms with van der Waals surface area (Å²) in [5.41, 5.74) is 4.37. The molecule has 0 saturated carbocycles. The second kappa shape index (κ2) is 12.3. The monoisotopic (exact) mass is 598 g/mol. The van der Waals surface area contributed by atoms with Crippen molar-refractivity contribution in [2.24, 2.45) is 5.14 Å². The summed E-state index contributed by atoms with van der Waals surface area (Å²) in [6.07, 6.45) is 0. The molecule has 3 N–H and O–H groups in total. The molecule has 11 nitrogen and oxygen atoms in total. The van der Waals surface area contributed by atoms with Crippen LogP contribution in [0.5, 0.6) is 11.5 Å². The van der Waals surface area contributed by atoms with Gasteiger partial charge in [0.1, 0.15) is 11.5 Å². The van der Waals surface area contributed by atoms with Gasteiger partial charge in [0.25, 0.3) is 5.91 Å². The zero-order chi connectivity index (χ0) is 30.6. The minimum atomic E-state index is -3.86. The van der Waals surface area contributed by atoms with Crippen molar-refractivity contribution in [3.05, 3.63) is 96.6 Å². The van der Waals surface area contributed by atoms with Crippen LogP contribution in [0.25, 0.3) is 33.5 Å². The highest BCUT2D eigenvalue weighted by Gasteiger charge is 2.17. The van der Waals surface area contributed by atoms with Crippen molar-refractivity contribution >= 4 is 38.6 Å². The molecule has 1 amide bonds. The molecule has 0 unspecified atom stereocenters. The van der Waals surface area contributed by atoms with Crippen molar-refractivity contribution < 1.29 is 32.2 Å². The Kier molecular flexibility index (Phi) is 8.32. The van der Waals surface area contributed by atoms with Crippen LogP contribution in [0, 0.1) is 0 Å². The van der Waals surface area contributed by atoms with Gasteiger partial charge in [-0.1, -0.05) is 0 Å². The van der Waals surface area contributed by atoms with E-state index in [-0.39, 0.29) is 10.5 Å². The molecule has 0 aliphatic carbocycles. The summed E-state index contributed by atoms with van der Waals surface area (Å²) < 4.78 is 38.6. The number of carbonyl (C=O) groups is 2. The van der Waals surface area contributed by atoms with Crippen LogP contribution in [0.2, 0.25) is 0 Å². The van der Waals surface area contributed by atoms with Gasteiger partial charge in [0.05, 0.1) is 47.1 Å². The highest BCUT2D eigenvalue weighted by atomic mass is 32.2. The average molecular weight is 599 g/mol. The molecule has 0 bridgehead atoms. The first-order valence-corrected chi connectivity index (χ1v) is 14.4. The zero-order valence-electron chi connectivity index (χ0n) is 23.1. The molecule has 5 rings (SSSR count). The topological polar surface area (TPSA) is 160 Å². The van der Waals surface area contributed by atoms with Gasteiger partial charge in [-0.2, -0.15) is 0 Å². The first-order valence-electron chi connectivity index (χ1n) is 12.8. The van der Waals surface area contributed by atoms with Crippen LogP contribution < -0.4 is 19.9 Å². The number of fused-ring (bicyclic) bond motifs is 1. The standard InChI is InChI=1S/C31H26N4O7S/c1-40-23-10-3-19(4-11-23)29-30(20-5-12-24(41-2)13-6-20)35-27-17-21(7-16-26(27)34-29)31(37)42-18-28(36)33-22-8-14-25(15-9-22)43(32,38)39/h3-17H,18H2,1-2H3,(H,33,36)(H2,32,38,39). The van der Waals surface area contributed by atoms with Crippen LogP contribution in [-0.4, -0.2) is 51.1 Å². The zero-order valence-corrected chi connectivity index (χ0v) is 23.9. The maximum Gasteiger partial charge on any atom is 0.338 e. The van der Waals surface area contributed by atoms with E-state index in [4.69, 9.17) is 29.3 Å². The second-order valence-corrected chi connectivity index (χ2v) is 10.8. The van der Waals surface area contributed by atoms with Gasteiger partial charge in [-0.3, -0.25) is 4.79 Å². The number of carbonyl (C=O) groups excluding carboxylic acids is 2. The number of esters is 1. The number of primary sulfonamides is 1. The summed E-state index contributed by atoms with van der Waals surface area (Å²) >= 11 is 0. The number of amides is 1. The van der Waals surface area contributed by atoms with E-state index in [1.54, 1.807) is 32.4 Å². The lowest BCUT2D eigenvalue weighted by Gasteiger charge is -2.12. The summed E-state index contributed by atoms with van der Waals surface area (Å²) in [6, 6.07) is 24.9. The van der Waals surface area contributed by atoms with E-state index in [1.165, 1.54) is 24.3 Å². The van der Waals surface area contributed by atoms with Gasteiger partial charge in [0.15, 0.2) is 6.61 Å².